The van der Waals surface area contributed by atoms with Crippen molar-refractivity contribution in [1.82, 2.24) is 0 Å². The van der Waals surface area contributed by atoms with Crippen molar-refractivity contribution in [1.29, 1.82) is 0 Å². The molecule has 0 aliphatic heterocycles. The molecule has 144 valence electrons. The van der Waals surface area contributed by atoms with Crippen molar-refractivity contribution in [2.75, 3.05) is 7.11 Å². The molecule has 0 bridgehead atoms. The second-order valence-corrected chi connectivity index (χ2v) is 8.73. The first-order valence-corrected chi connectivity index (χ1v) is 10.1. The molecule has 0 saturated carbocycles. The Morgan fingerprint density at radius 2 is 1.84 bits per heavy atom. The van der Waals surface area contributed by atoms with Crippen LogP contribution in [-0.4, -0.2) is 38.9 Å². The van der Waals surface area contributed by atoms with Crippen LogP contribution < -0.4 is 0 Å². The molecule has 1 aromatic carbocycles. The van der Waals surface area contributed by atoms with Gasteiger partial charge in [0, 0.05) is 5.92 Å². The van der Waals surface area contributed by atoms with Gasteiger partial charge < -0.3 is 4.84 Å². The number of rotatable bonds is 8. The monoisotopic (exact) mass is 437 g/mol. The first-order chi connectivity index (χ1) is 11.4. The first-order valence-electron chi connectivity index (χ1n) is 7.12. The predicted molar refractivity (Wildman–Crippen MR) is 97.9 cm³/mol. The summed E-state index contributed by atoms with van der Waals surface area (Å²) < 4.78 is 52.4. The van der Waals surface area contributed by atoms with Gasteiger partial charge >= 0.3 is 0 Å². The zero-order valence-corrected chi connectivity index (χ0v) is 16.7. The van der Waals surface area contributed by atoms with Crippen molar-refractivity contribution in [2.24, 2.45) is 11.1 Å². The average Bonchev–Trinajstić information content (AvgIpc) is 2.52. The summed E-state index contributed by atoms with van der Waals surface area (Å²) in [6.07, 6.45) is -1.78. The standard InChI is InChI=1S/C14H19Cl3FNO5S/c1-4-13(8(2)12(18)7-19-23-3)24-25(20,21,22)14-6-10(16)9(15)5-11(14)17/h5-8,12-13H,4H2,1-3H3,(H2,20,21,22)/t8-,12+,13+/m0/s1. The Morgan fingerprint density at radius 1 is 1.28 bits per heavy atom. The molecule has 0 unspecified atom stereocenters. The van der Waals surface area contributed by atoms with Crippen LogP contribution in [0.5, 0.6) is 0 Å². The quantitative estimate of drug-likeness (QED) is 0.335. The number of benzene rings is 1. The molecule has 0 amide bonds. The van der Waals surface area contributed by atoms with E-state index < -0.39 is 33.0 Å². The van der Waals surface area contributed by atoms with Crippen LogP contribution in [0.25, 0.3) is 0 Å². The maximum Gasteiger partial charge on any atom is 0.217 e. The molecule has 11 heteroatoms. The summed E-state index contributed by atoms with van der Waals surface area (Å²) in [5, 5.41) is 2.91. The Hall–Kier alpha value is -0.480. The van der Waals surface area contributed by atoms with Crippen molar-refractivity contribution in [3.8, 4) is 0 Å². The van der Waals surface area contributed by atoms with Gasteiger partial charge in [-0.05, 0) is 18.6 Å². The van der Waals surface area contributed by atoms with E-state index in [1.54, 1.807) is 6.92 Å². The van der Waals surface area contributed by atoms with Crippen LogP contribution in [0, 0.1) is 5.92 Å². The summed E-state index contributed by atoms with van der Waals surface area (Å²) in [5.41, 5.74) is 0. The van der Waals surface area contributed by atoms with Crippen LogP contribution >= 0.6 is 34.8 Å². The SMILES string of the molecule is CC[C@@H](OS(=O)(O)(O)c1cc(Cl)c(Cl)cc1Cl)[C@@H](C)[C@H](F)C=NOC. The summed E-state index contributed by atoms with van der Waals surface area (Å²) in [6.45, 7) is 3.03. The van der Waals surface area contributed by atoms with Gasteiger partial charge in [0.25, 0.3) is 0 Å². The molecule has 0 aromatic heterocycles. The molecule has 6 nitrogen and oxygen atoms in total. The zero-order chi connectivity index (χ0) is 19.4. The molecular formula is C14H19Cl3FNO5S. The minimum absolute atomic E-state index is 0.0264. The van der Waals surface area contributed by atoms with Crippen molar-refractivity contribution < 1.29 is 26.7 Å². The molecule has 25 heavy (non-hydrogen) atoms. The van der Waals surface area contributed by atoms with Crippen LogP contribution in [-0.2, 0) is 18.9 Å². The summed E-state index contributed by atoms with van der Waals surface area (Å²) in [7, 11) is -4.62. The minimum atomic E-state index is -5.87. The Balaban J connectivity index is 3.21. The third kappa shape index (κ3) is 5.75. The van der Waals surface area contributed by atoms with Crippen LogP contribution in [0.2, 0.25) is 15.1 Å². The van der Waals surface area contributed by atoms with E-state index in [-0.39, 0.29) is 21.5 Å². The Kier molecular flexibility index (Phi) is 7.65. The number of hydrogen-bond acceptors (Lipinski definition) is 4. The van der Waals surface area contributed by atoms with Crippen LogP contribution in [0.15, 0.2) is 22.2 Å². The lowest BCUT2D eigenvalue weighted by molar-refractivity contribution is 0.0726. The lowest BCUT2D eigenvalue weighted by atomic mass is 9.98. The molecule has 3 atom stereocenters. The Morgan fingerprint density at radius 3 is 2.36 bits per heavy atom. The van der Waals surface area contributed by atoms with Gasteiger partial charge in [0.1, 0.15) is 18.2 Å². The molecular weight excluding hydrogens is 420 g/mol. The van der Waals surface area contributed by atoms with Gasteiger partial charge in [-0.2, -0.15) is 4.21 Å². The van der Waals surface area contributed by atoms with Gasteiger partial charge in [-0.25, -0.2) is 4.39 Å². The number of nitrogens with zero attached hydrogens (tertiary/aromatic N) is 1. The largest absolute Gasteiger partial charge is 0.399 e. The molecule has 0 aliphatic carbocycles. The van der Waals surface area contributed by atoms with Crippen molar-refractivity contribution in [3.63, 3.8) is 0 Å². The van der Waals surface area contributed by atoms with E-state index >= 15 is 0 Å². The minimum Gasteiger partial charge on any atom is -0.399 e. The van der Waals surface area contributed by atoms with E-state index in [9.17, 15) is 17.7 Å². The zero-order valence-electron chi connectivity index (χ0n) is 13.7. The summed E-state index contributed by atoms with van der Waals surface area (Å²) >= 11 is 17.5. The molecule has 0 radical (unpaired) electrons. The maximum absolute atomic E-state index is 14.1. The van der Waals surface area contributed by atoms with Gasteiger partial charge in [-0.1, -0.05) is 53.8 Å². The van der Waals surface area contributed by atoms with Crippen LogP contribution in [0.4, 0.5) is 4.39 Å². The van der Waals surface area contributed by atoms with Gasteiger partial charge in [-0.3, -0.25) is 13.3 Å². The third-order valence-corrected chi connectivity index (χ3v) is 6.28. The van der Waals surface area contributed by atoms with E-state index in [2.05, 4.69) is 9.99 Å². The van der Waals surface area contributed by atoms with E-state index in [0.29, 0.717) is 0 Å². The summed E-state index contributed by atoms with van der Waals surface area (Å²) in [5.74, 6) is -0.922. The Bertz CT molecular complexity index is 712. The maximum atomic E-state index is 14.1. The summed E-state index contributed by atoms with van der Waals surface area (Å²) in [4.78, 5) is 3.74. The van der Waals surface area contributed by atoms with E-state index in [1.165, 1.54) is 14.0 Å². The fourth-order valence-corrected chi connectivity index (χ4v) is 4.61. The normalized spacial score (nSPS) is 17.7. The molecule has 0 spiro atoms. The van der Waals surface area contributed by atoms with Gasteiger partial charge in [0.05, 0.1) is 27.4 Å². The smallest absolute Gasteiger partial charge is 0.217 e. The molecule has 1 aromatic rings. The molecule has 0 fully saturated rings. The number of hydrogen-bond donors (Lipinski definition) is 2. The highest BCUT2D eigenvalue weighted by Gasteiger charge is 2.41. The predicted octanol–water partition coefficient (Wildman–Crippen LogP) is 5.09. The van der Waals surface area contributed by atoms with Gasteiger partial charge in [0.2, 0.25) is 9.91 Å². The molecule has 0 aliphatic rings. The number of alkyl halides is 1. The molecule has 2 N–H and O–H groups in total. The molecule has 1 rings (SSSR count). The lowest BCUT2D eigenvalue weighted by Crippen LogP contribution is -2.42. The van der Waals surface area contributed by atoms with Crippen molar-refractivity contribution >= 4 is 50.9 Å². The second kappa shape index (κ2) is 8.47. The fraction of sp³-hybridized carbons (Fsp3) is 0.500. The number of oxime groups is 1. The molecule has 0 saturated heterocycles. The average molecular weight is 439 g/mol. The highest BCUT2D eigenvalue weighted by Crippen LogP contribution is 2.42. The topological polar surface area (TPSA) is 88.4 Å². The van der Waals surface area contributed by atoms with Crippen molar-refractivity contribution in [3.05, 3.63) is 27.2 Å². The second-order valence-electron chi connectivity index (χ2n) is 5.28. The van der Waals surface area contributed by atoms with E-state index in [0.717, 1.165) is 18.3 Å². The van der Waals surface area contributed by atoms with Gasteiger partial charge in [-0.15, -0.1) is 0 Å². The van der Waals surface area contributed by atoms with Gasteiger partial charge in [0.15, 0.2) is 0 Å². The van der Waals surface area contributed by atoms with Crippen LogP contribution in [0.1, 0.15) is 20.3 Å². The third-order valence-electron chi connectivity index (χ3n) is 3.45. The Labute approximate surface area is 160 Å². The first kappa shape index (κ1) is 22.6. The highest BCUT2D eigenvalue weighted by atomic mass is 35.5. The van der Waals surface area contributed by atoms with E-state index in [1.807, 2.05) is 0 Å². The highest BCUT2D eigenvalue weighted by molar-refractivity contribution is 8.06. The fourth-order valence-electron chi connectivity index (χ4n) is 2.03. The van der Waals surface area contributed by atoms with Crippen LogP contribution in [0.3, 0.4) is 0 Å². The molecule has 0 heterocycles. The number of halogens is 4. The summed E-state index contributed by atoms with van der Waals surface area (Å²) in [6, 6.07) is 2.02. The van der Waals surface area contributed by atoms with E-state index in [4.69, 9.17) is 39.0 Å². The lowest BCUT2D eigenvalue weighted by Gasteiger charge is -2.37. The van der Waals surface area contributed by atoms with Crippen molar-refractivity contribution in [2.45, 2.75) is 37.4 Å².